The van der Waals surface area contributed by atoms with Gasteiger partial charge in [-0.3, -0.25) is 4.57 Å². The Balaban J connectivity index is 1.16. The number of anilines is 3. The first kappa shape index (κ1) is 23.5. The molecule has 39 heavy (non-hydrogen) atoms. The molecule has 0 bridgehead atoms. The molecule has 1 aliphatic carbocycles. The fourth-order valence-corrected chi connectivity index (χ4v) is 4.73. The van der Waals surface area contributed by atoms with Crippen LogP contribution in [-0.4, -0.2) is 38.5 Å². The Kier molecular flexibility index (Phi) is 5.97. The van der Waals surface area contributed by atoms with Gasteiger partial charge in [-0.1, -0.05) is 60.2 Å². The minimum atomic E-state index is 0.135. The smallest absolute Gasteiger partial charge is 0.231 e. The number of benzene rings is 3. The van der Waals surface area contributed by atoms with Crippen molar-refractivity contribution in [2.24, 2.45) is 0 Å². The largest absolute Gasteiger partial charge is 0.454 e. The van der Waals surface area contributed by atoms with Crippen LogP contribution in [0.2, 0.25) is 0 Å². The summed E-state index contributed by atoms with van der Waals surface area (Å²) < 4.78 is 19.2. The molecular weight excluding hydrogens is 492 g/mol. The lowest BCUT2D eigenvalue weighted by Crippen LogP contribution is -2.11. The maximum atomic E-state index is 6.10. The number of aromatic nitrogens is 4. The van der Waals surface area contributed by atoms with Gasteiger partial charge in [-0.15, -0.1) is 0 Å². The van der Waals surface area contributed by atoms with Gasteiger partial charge in [-0.05, 0) is 36.6 Å². The van der Waals surface area contributed by atoms with Crippen LogP contribution < -0.4 is 20.1 Å². The predicted molar refractivity (Wildman–Crippen MR) is 148 cm³/mol. The van der Waals surface area contributed by atoms with E-state index >= 15 is 0 Å². The quantitative estimate of drug-likeness (QED) is 0.266. The first-order chi connectivity index (χ1) is 19.2. The Morgan fingerprint density at radius 3 is 2.67 bits per heavy atom. The van der Waals surface area contributed by atoms with E-state index in [1.165, 1.54) is 11.1 Å². The van der Waals surface area contributed by atoms with Gasteiger partial charge in [-0.2, -0.15) is 0 Å². The number of rotatable bonds is 9. The number of hydrogen-bond donors (Lipinski definition) is 2. The lowest BCUT2D eigenvalue weighted by molar-refractivity contribution is 0.104. The van der Waals surface area contributed by atoms with Crippen molar-refractivity contribution in [3.05, 3.63) is 95.8 Å². The van der Waals surface area contributed by atoms with Gasteiger partial charge in [0.2, 0.25) is 12.7 Å². The first-order valence-electron chi connectivity index (χ1n) is 13.0. The molecular formula is C30H28N6O3. The predicted octanol–water partition coefficient (Wildman–Crippen LogP) is 5.42. The summed E-state index contributed by atoms with van der Waals surface area (Å²) in [5.41, 5.74) is 5.84. The van der Waals surface area contributed by atoms with E-state index in [1.54, 1.807) is 6.33 Å². The highest BCUT2D eigenvalue weighted by atomic mass is 16.7. The molecule has 5 aromatic rings. The van der Waals surface area contributed by atoms with E-state index in [9.17, 15) is 0 Å². The van der Waals surface area contributed by atoms with E-state index in [0.717, 1.165) is 29.1 Å². The van der Waals surface area contributed by atoms with E-state index in [4.69, 9.17) is 19.2 Å². The minimum absolute atomic E-state index is 0.135. The maximum absolute atomic E-state index is 6.10. The second-order valence-corrected chi connectivity index (χ2v) is 9.92. The van der Waals surface area contributed by atoms with Crippen molar-refractivity contribution in [3.8, 4) is 11.5 Å². The fraction of sp³-hybridized carbons (Fsp3) is 0.233. The third-order valence-corrected chi connectivity index (χ3v) is 6.98. The van der Waals surface area contributed by atoms with Gasteiger partial charge < -0.3 is 24.8 Å². The van der Waals surface area contributed by atoms with Crippen molar-refractivity contribution in [1.29, 1.82) is 0 Å². The zero-order valence-electron chi connectivity index (χ0n) is 21.5. The summed E-state index contributed by atoms with van der Waals surface area (Å²) in [4.78, 5) is 14.1. The Morgan fingerprint density at radius 1 is 0.949 bits per heavy atom. The van der Waals surface area contributed by atoms with E-state index in [0.29, 0.717) is 36.2 Å². The Labute approximate surface area is 225 Å². The molecule has 0 amide bonds. The molecule has 1 saturated carbocycles. The summed E-state index contributed by atoms with van der Waals surface area (Å²) in [7, 11) is 0. The van der Waals surface area contributed by atoms with Crippen molar-refractivity contribution < 1.29 is 14.2 Å². The molecule has 0 spiro atoms. The average molecular weight is 521 g/mol. The molecule has 3 aromatic carbocycles. The van der Waals surface area contributed by atoms with Crippen LogP contribution in [0.4, 0.5) is 17.5 Å². The van der Waals surface area contributed by atoms with Gasteiger partial charge in [0.25, 0.3) is 0 Å². The van der Waals surface area contributed by atoms with Crippen LogP contribution in [0.5, 0.6) is 11.5 Å². The zero-order valence-corrected chi connectivity index (χ0v) is 21.5. The summed E-state index contributed by atoms with van der Waals surface area (Å²) in [5, 5.41) is 7.00. The number of nitrogens with zero attached hydrogens (tertiary/aromatic N) is 4. The van der Waals surface area contributed by atoms with Crippen LogP contribution in [-0.2, 0) is 17.9 Å². The summed E-state index contributed by atoms with van der Waals surface area (Å²) in [6, 6.07) is 24.7. The normalized spacial score (nSPS) is 17.4. The number of hydrogen-bond acceptors (Lipinski definition) is 8. The molecule has 0 unspecified atom stereocenters. The molecule has 0 saturated heterocycles. The van der Waals surface area contributed by atoms with Crippen LogP contribution >= 0.6 is 0 Å². The highest BCUT2D eigenvalue weighted by molar-refractivity contribution is 5.86. The van der Waals surface area contributed by atoms with Crippen molar-refractivity contribution in [3.63, 3.8) is 0 Å². The van der Waals surface area contributed by atoms with Crippen molar-refractivity contribution in [1.82, 2.24) is 19.5 Å². The standard InChI is InChI=1S/C30H28N6O3/c1-19-7-9-20(10-8-19)15-36-29-27(35-30(36)33-22-11-12-24-26(13-22)39-18-38-24)28(31-17-32-29)34-23-14-25(23)37-16-21-5-3-2-4-6-21/h2-13,17,23,25H,14-16,18H2,1H3,(H,33,35)(H,31,32,34)/t23-,25-/m0/s1. The average Bonchev–Trinajstić information content (AvgIpc) is 3.36. The molecule has 9 nitrogen and oxygen atoms in total. The van der Waals surface area contributed by atoms with Crippen LogP contribution in [0.25, 0.3) is 11.2 Å². The van der Waals surface area contributed by atoms with Gasteiger partial charge in [0.15, 0.2) is 28.5 Å². The second kappa shape index (κ2) is 9.92. The molecule has 2 aliphatic rings. The van der Waals surface area contributed by atoms with Crippen molar-refractivity contribution in [2.45, 2.75) is 38.6 Å². The summed E-state index contributed by atoms with van der Waals surface area (Å²) in [5.74, 6) is 2.81. The fourth-order valence-electron chi connectivity index (χ4n) is 4.73. The second-order valence-electron chi connectivity index (χ2n) is 9.92. The number of imidazole rings is 1. The molecule has 3 heterocycles. The van der Waals surface area contributed by atoms with E-state index < -0.39 is 0 Å². The molecule has 2 N–H and O–H groups in total. The number of ether oxygens (including phenoxy) is 3. The topological polar surface area (TPSA) is 95.4 Å². The summed E-state index contributed by atoms with van der Waals surface area (Å²) in [6.07, 6.45) is 2.64. The van der Waals surface area contributed by atoms with Crippen LogP contribution in [0.1, 0.15) is 23.1 Å². The van der Waals surface area contributed by atoms with Gasteiger partial charge in [0, 0.05) is 11.8 Å². The SMILES string of the molecule is Cc1ccc(Cn2c(Nc3ccc4c(c3)OCO4)nc3c(N[C@H]4C[C@@H]4OCc4ccccc4)ncnc32)cc1. The minimum Gasteiger partial charge on any atom is -0.454 e. The first-order valence-corrected chi connectivity index (χ1v) is 13.0. The van der Waals surface area contributed by atoms with Gasteiger partial charge >= 0.3 is 0 Å². The molecule has 196 valence electrons. The molecule has 1 aliphatic heterocycles. The molecule has 2 atom stereocenters. The van der Waals surface area contributed by atoms with Gasteiger partial charge in [0.05, 0.1) is 25.3 Å². The molecule has 7 rings (SSSR count). The monoisotopic (exact) mass is 520 g/mol. The van der Waals surface area contributed by atoms with E-state index in [-0.39, 0.29) is 18.9 Å². The molecule has 0 radical (unpaired) electrons. The maximum Gasteiger partial charge on any atom is 0.231 e. The van der Waals surface area contributed by atoms with E-state index in [2.05, 4.69) is 68.5 Å². The highest BCUT2D eigenvalue weighted by Crippen LogP contribution is 2.36. The van der Waals surface area contributed by atoms with Crippen LogP contribution in [0.15, 0.2) is 79.1 Å². The van der Waals surface area contributed by atoms with Gasteiger partial charge in [0.1, 0.15) is 6.33 Å². The third kappa shape index (κ3) is 4.96. The number of aryl methyl sites for hydroxylation is 1. The Hall–Kier alpha value is -4.63. The molecule has 9 heteroatoms. The summed E-state index contributed by atoms with van der Waals surface area (Å²) >= 11 is 0. The van der Waals surface area contributed by atoms with Crippen LogP contribution in [0, 0.1) is 6.92 Å². The number of fused-ring (bicyclic) bond motifs is 2. The van der Waals surface area contributed by atoms with Crippen molar-refractivity contribution >= 4 is 28.6 Å². The molecule has 1 fully saturated rings. The lowest BCUT2D eigenvalue weighted by atomic mass is 10.1. The number of nitrogens with one attached hydrogen (secondary N) is 2. The van der Waals surface area contributed by atoms with Crippen molar-refractivity contribution in [2.75, 3.05) is 17.4 Å². The third-order valence-electron chi connectivity index (χ3n) is 6.98. The Bertz CT molecular complexity index is 1620. The lowest BCUT2D eigenvalue weighted by Gasteiger charge is -2.11. The van der Waals surface area contributed by atoms with Gasteiger partial charge in [-0.25, -0.2) is 15.0 Å². The molecule has 2 aromatic heterocycles. The highest BCUT2D eigenvalue weighted by Gasteiger charge is 2.39. The Morgan fingerprint density at radius 2 is 1.79 bits per heavy atom. The summed E-state index contributed by atoms with van der Waals surface area (Å²) in [6.45, 7) is 3.51. The van der Waals surface area contributed by atoms with Crippen LogP contribution in [0.3, 0.4) is 0 Å². The zero-order chi connectivity index (χ0) is 26.2. The van der Waals surface area contributed by atoms with E-state index in [1.807, 2.05) is 36.4 Å².